The van der Waals surface area contributed by atoms with Crippen molar-refractivity contribution in [3.8, 4) is 46.2 Å². The van der Waals surface area contributed by atoms with Crippen molar-refractivity contribution in [1.29, 1.82) is 0 Å². The standard InChI is InChI=1S/C22H17N3O2/c1-4-15-13-24-25-21(17-7-11-19(27-3)12-8-17)20(14-23-22(15)25)16-5-9-18(26-2)10-6-16/h1,5-14H,2-3H3. The Labute approximate surface area is 157 Å². The summed E-state index contributed by atoms with van der Waals surface area (Å²) >= 11 is 0. The average molecular weight is 355 g/mol. The Bertz CT molecular complexity index is 1140. The van der Waals surface area contributed by atoms with Gasteiger partial charge in [0.05, 0.1) is 31.7 Å². The van der Waals surface area contributed by atoms with Crippen LogP contribution in [0.5, 0.6) is 11.5 Å². The molecule has 0 spiro atoms. The third kappa shape index (κ3) is 2.87. The summed E-state index contributed by atoms with van der Waals surface area (Å²) in [6.07, 6.45) is 9.09. The van der Waals surface area contributed by atoms with E-state index in [0.717, 1.165) is 33.9 Å². The molecule has 5 heteroatoms. The smallest absolute Gasteiger partial charge is 0.171 e. The van der Waals surface area contributed by atoms with E-state index >= 15 is 0 Å². The number of hydrogen-bond acceptors (Lipinski definition) is 4. The molecule has 5 nitrogen and oxygen atoms in total. The average Bonchev–Trinajstić information content (AvgIpc) is 3.16. The van der Waals surface area contributed by atoms with Gasteiger partial charge in [-0.3, -0.25) is 0 Å². The molecule has 0 unspecified atom stereocenters. The summed E-state index contributed by atoms with van der Waals surface area (Å²) in [5.74, 6) is 4.23. The lowest BCUT2D eigenvalue weighted by atomic mass is 10.0. The maximum absolute atomic E-state index is 5.59. The van der Waals surface area contributed by atoms with E-state index in [-0.39, 0.29) is 0 Å². The second kappa shape index (κ2) is 6.85. The van der Waals surface area contributed by atoms with Crippen molar-refractivity contribution in [2.24, 2.45) is 0 Å². The van der Waals surface area contributed by atoms with Gasteiger partial charge in [-0.15, -0.1) is 6.42 Å². The molecule has 0 atom stereocenters. The highest BCUT2D eigenvalue weighted by molar-refractivity contribution is 5.83. The van der Waals surface area contributed by atoms with Crippen LogP contribution in [0.25, 0.3) is 28.0 Å². The van der Waals surface area contributed by atoms with Crippen LogP contribution in [0.15, 0.2) is 60.9 Å². The molecule has 0 N–H and O–H groups in total. The van der Waals surface area contributed by atoms with Gasteiger partial charge in [0, 0.05) is 17.3 Å². The third-order valence-corrected chi connectivity index (χ3v) is 4.45. The highest BCUT2D eigenvalue weighted by atomic mass is 16.5. The largest absolute Gasteiger partial charge is 0.497 e. The summed E-state index contributed by atoms with van der Waals surface area (Å²) in [7, 11) is 3.30. The Kier molecular flexibility index (Phi) is 4.23. The van der Waals surface area contributed by atoms with Gasteiger partial charge >= 0.3 is 0 Å². The first-order chi connectivity index (χ1) is 13.2. The van der Waals surface area contributed by atoms with Crippen molar-refractivity contribution >= 4 is 5.65 Å². The highest BCUT2D eigenvalue weighted by Gasteiger charge is 2.16. The van der Waals surface area contributed by atoms with Crippen molar-refractivity contribution in [2.45, 2.75) is 0 Å². The Morgan fingerprint density at radius 3 is 2.00 bits per heavy atom. The second-order valence-corrected chi connectivity index (χ2v) is 5.92. The zero-order valence-electron chi connectivity index (χ0n) is 15.0. The molecule has 4 aromatic rings. The molecule has 2 heterocycles. The summed E-state index contributed by atoms with van der Waals surface area (Å²) in [6, 6.07) is 15.7. The fourth-order valence-electron chi connectivity index (χ4n) is 3.04. The van der Waals surface area contributed by atoms with Gasteiger partial charge in [0.15, 0.2) is 5.65 Å². The number of methoxy groups -OCH3 is 2. The van der Waals surface area contributed by atoms with Gasteiger partial charge in [-0.25, -0.2) is 9.50 Å². The second-order valence-electron chi connectivity index (χ2n) is 5.92. The van der Waals surface area contributed by atoms with Crippen LogP contribution in [0.1, 0.15) is 5.56 Å². The summed E-state index contributed by atoms with van der Waals surface area (Å²) in [5, 5.41) is 4.48. The number of benzene rings is 2. The van der Waals surface area contributed by atoms with Crippen LogP contribution in [0.3, 0.4) is 0 Å². The van der Waals surface area contributed by atoms with Crippen LogP contribution < -0.4 is 9.47 Å². The van der Waals surface area contributed by atoms with Gasteiger partial charge in [-0.05, 0) is 42.0 Å². The van der Waals surface area contributed by atoms with Gasteiger partial charge in [-0.2, -0.15) is 5.10 Å². The van der Waals surface area contributed by atoms with Crippen molar-refractivity contribution in [2.75, 3.05) is 14.2 Å². The minimum absolute atomic E-state index is 0.653. The fraction of sp³-hybridized carbons (Fsp3) is 0.0909. The number of ether oxygens (including phenoxy) is 2. The summed E-state index contributed by atoms with van der Waals surface area (Å²) < 4.78 is 12.3. The molecule has 27 heavy (non-hydrogen) atoms. The number of fused-ring (bicyclic) bond motifs is 1. The monoisotopic (exact) mass is 355 g/mol. The number of rotatable bonds is 4. The number of nitrogens with zero attached hydrogens (tertiary/aromatic N) is 3. The van der Waals surface area contributed by atoms with Crippen LogP contribution in [0, 0.1) is 12.3 Å². The first kappa shape index (κ1) is 16.7. The molecular weight excluding hydrogens is 338 g/mol. The maximum atomic E-state index is 5.59. The van der Waals surface area contributed by atoms with E-state index in [4.69, 9.17) is 15.9 Å². The van der Waals surface area contributed by atoms with Gasteiger partial charge in [0.25, 0.3) is 0 Å². The highest BCUT2D eigenvalue weighted by Crippen LogP contribution is 2.34. The summed E-state index contributed by atoms with van der Waals surface area (Å²) in [6.45, 7) is 0. The van der Waals surface area contributed by atoms with Gasteiger partial charge in [-0.1, -0.05) is 18.1 Å². The zero-order chi connectivity index (χ0) is 18.8. The quantitative estimate of drug-likeness (QED) is 0.518. The maximum Gasteiger partial charge on any atom is 0.171 e. The molecule has 4 rings (SSSR count). The van der Waals surface area contributed by atoms with Crippen molar-refractivity contribution < 1.29 is 9.47 Å². The van der Waals surface area contributed by atoms with Crippen LogP contribution in [0.4, 0.5) is 0 Å². The van der Waals surface area contributed by atoms with Crippen LogP contribution in [0.2, 0.25) is 0 Å². The number of aromatic nitrogens is 3. The normalized spacial score (nSPS) is 10.6. The lowest BCUT2D eigenvalue weighted by Crippen LogP contribution is -2.00. The molecule has 0 aliphatic heterocycles. The molecule has 0 radical (unpaired) electrons. The molecule has 132 valence electrons. The van der Waals surface area contributed by atoms with E-state index in [1.54, 1.807) is 24.9 Å². The number of terminal acetylenes is 1. The molecule has 0 aliphatic carbocycles. The van der Waals surface area contributed by atoms with E-state index in [9.17, 15) is 0 Å². The number of hydrogen-bond donors (Lipinski definition) is 0. The molecule has 2 aromatic carbocycles. The molecule has 2 aromatic heterocycles. The minimum atomic E-state index is 0.653. The summed E-state index contributed by atoms with van der Waals surface area (Å²) in [4.78, 5) is 4.55. The topological polar surface area (TPSA) is 48.7 Å². The van der Waals surface area contributed by atoms with E-state index in [1.807, 2.05) is 54.7 Å². The SMILES string of the molecule is C#Cc1cnn2c(-c3ccc(OC)cc3)c(-c3ccc(OC)cc3)cnc12. The van der Waals surface area contributed by atoms with Gasteiger partial charge < -0.3 is 9.47 Å². The third-order valence-electron chi connectivity index (χ3n) is 4.45. The van der Waals surface area contributed by atoms with Crippen molar-refractivity contribution in [3.63, 3.8) is 0 Å². The predicted molar refractivity (Wildman–Crippen MR) is 105 cm³/mol. The lowest BCUT2D eigenvalue weighted by Gasteiger charge is -2.13. The molecule has 0 fully saturated rings. The first-order valence-corrected chi connectivity index (χ1v) is 8.37. The zero-order valence-corrected chi connectivity index (χ0v) is 15.0. The van der Waals surface area contributed by atoms with E-state index in [0.29, 0.717) is 11.2 Å². The van der Waals surface area contributed by atoms with Gasteiger partial charge in [0.1, 0.15) is 11.5 Å². The molecule has 0 saturated heterocycles. The van der Waals surface area contributed by atoms with Crippen LogP contribution in [-0.4, -0.2) is 28.8 Å². The molecular formula is C22H17N3O2. The Hall–Kier alpha value is -3.78. The van der Waals surface area contributed by atoms with Crippen molar-refractivity contribution in [1.82, 2.24) is 14.6 Å². The Morgan fingerprint density at radius 2 is 1.44 bits per heavy atom. The van der Waals surface area contributed by atoms with E-state index < -0.39 is 0 Å². The van der Waals surface area contributed by atoms with E-state index in [2.05, 4.69) is 16.0 Å². The van der Waals surface area contributed by atoms with Crippen LogP contribution >= 0.6 is 0 Å². The molecule has 0 saturated carbocycles. The Morgan fingerprint density at radius 1 is 0.852 bits per heavy atom. The van der Waals surface area contributed by atoms with Crippen molar-refractivity contribution in [3.05, 3.63) is 66.5 Å². The first-order valence-electron chi connectivity index (χ1n) is 8.37. The minimum Gasteiger partial charge on any atom is -0.497 e. The van der Waals surface area contributed by atoms with E-state index in [1.165, 1.54) is 0 Å². The molecule has 0 aliphatic rings. The molecule has 0 bridgehead atoms. The fourth-order valence-corrected chi connectivity index (χ4v) is 3.04. The predicted octanol–water partition coefficient (Wildman–Crippen LogP) is 4.06. The molecule has 0 amide bonds. The lowest BCUT2D eigenvalue weighted by molar-refractivity contribution is 0.414. The Balaban J connectivity index is 1.98. The van der Waals surface area contributed by atoms with Gasteiger partial charge in [0.2, 0.25) is 0 Å². The van der Waals surface area contributed by atoms with Crippen LogP contribution in [-0.2, 0) is 0 Å². The summed E-state index contributed by atoms with van der Waals surface area (Å²) in [5.41, 5.74) is 5.16.